The normalized spacial score (nSPS) is 12.1. The summed E-state index contributed by atoms with van der Waals surface area (Å²) in [7, 11) is 0. The third-order valence-corrected chi connectivity index (χ3v) is 11.5. The molecule has 0 radical (unpaired) electrons. The Morgan fingerprint density at radius 3 is 1.04 bits per heavy atom. The topological polar surface area (TPSA) is 131 Å². The molecule has 0 fully saturated rings. The summed E-state index contributed by atoms with van der Waals surface area (Å²) in [6.45, 7) is 2.09. The number of halogens is 9. The Bertz CT molecular complexity index is 1260. The van der Waals surface area contributed by atoms with Gasteiger partial charge in [-0.2, -0.15) is 39.5 Å². The second-order valence-corrected chi connectivity index (χ2v) is 17.6. The SMILES string of the molecule is CCCCCCCCCCCCCCN(CCCCCCCCCCCCCC)C(=O)CNC(=O)CN(CCCN(CCCNC(=O)C(F)(F)F)CCCNC(=O)C(F)(F)F)C(=O)C(F)(F)F. The van der Waals surface area contributed by atoms with Gasteiger partial charge in [-0.25, -0.2) is 0 Å². The molecule has 0 aromatic carbocycles. The summed E-state index contributed by atoms with van der Waals surface area (Å²) in [6.07, 6.45) is 11.6. The minimum atomic E-state index is -5.36. The second-order valence-electron chi connectivity index (χ2n) is 17.6. The highest BCUT2D eigenvalue weighted by molar-refractivity contribution is 5.89. The van der Waals surface area contributed by atoms with Crippen molar-refractivity contribution in [2.24, 2.45) is 0 Å². The van der Waals surface area contributed by atoms with Gasteiger partial charge in [0.2, 0.25) is 11.8 Å². The van der Waals surface area contributed by atoms with E-state index in [1.54, 1.807) is 15.5 Å². The predicted octanol–water partition coefficient (Wildman–Crippen LogP) is 10.6. The fourth-order valence-corrected chi connectivity index (χ4v) is 7.63. The Labute approximate surface area is 394 Å². The lowest BCUT2D eigenvalue weighted by atomic mass is 10.0. The first-order valence-electron chi connectivity index (χ1n) is 25.1. The van der Waals surface area contributed by atoms with E-state index in [2.05, 4.69) is 19.2 Å². The van der Waals surface area contributed by atoms with Gasteiger partial charge in [0.1, 0.15) is 0 Å². The highest BCUT2D eigenvalue weighted by atomic mass is 19.4. The van der Waals surface area contributed by atoms with Crippen LogP contribution in [0.2, 0.25) is 0 Å². The van der Waals surface area contributed by atoms with Crippen molar-refractivity contribution < 1.29 is 63.5 Å². The molecule has 0 unspecified atom stereocenters. The predicted molar refractivity (Wildman–Crippen MR) is 243 cm³/mol. The van der Waals surface area contributed by atoms with E-state index >= 15 is 0 Å². The number of hydrogen-bond acceptors (Lipinski definition) is 6. The van der Waals surface area contributed by atoms with Crippen LogP contribution in [-0.4, -0.2) is 128 Å². The number of rotatable bonds is 42. The number of amides is 5. The van der Waals surface area contributed by atoms with Gasteiger partial charge >= 0.3 is 36.3 Å². The van der Waals surface area contributed by atoms with Crippen LogP contribution in [-0.2, 0) is 24.0 Å². The van der Waals surface area contributed by atoms with Crippen LogP contribution in [0.1, 0.15) is 187 Å². The minimum absolute atomic E-state index is 0.0593. The standard InChI is InChI=1S/C47H83F9N6O5/c1-3-5-7-9-11-13-15-17-19-21-23-25-35-61(36-26-24-22-20-18-16-14-12-10-8-6-4-2)41(64)38-59-40(63)39-62(44(67)47(54,55)56)37-29-34-60(32-27-30-57-42(65)45(48,49)50)33-28-31-58-43(66)46(51,52)53/h3-39H2,1-2H3,(H,57,65)(H,58,66)(H,59,63). The highest BCUT2D eigenvalue weighted by Gasteiger charge is 2.43. The molecule has 11 nitrogen and oxygen atoms in total. The number of nitrogens with zero attached hydrogens (tertiary/aromatic N) is 3. The van der Waals surface area contributed by atoms with Crippen molar-refractivity contribution in [1.82, 2.24) is 30.7 Å². The van der Waals surface area contributed by atoms with E-state index in [9.17, 15) is 63.5 Å². The summed E-state index contributed by atoms with van der Waals surface area (Å²) >= 11 is 0. The molecule has 0 aliphatic carbocycles. The number of hydrogen-bond donors (Lipinski definition) is 3. The Hall–Kier alpha value is -3.32. The van der Waals surface area contributed by atoms with Gasteiger partial charge in [-0.1, -0.05) is 155 Å². The van der Waals surface area contributed by atoms with Crippen LogP contribution in [0.4, 0.5) is 39.5 Å². The molecule has 0 saturated carbocycles. The van der Waals surface area contributed by atoms with Gasteiger partial charge in [-0.15, -0.1) is 0 Å². The van der Waals surface area contributed by atoms with E-state index in [1.807, 2.05) is 0 Å². The maximum Gasteiger partial charge on any atom is 0.471 e. The quantitative estimate of drug-likeness (QED) is 0.0412. The van der Waals surface area contributed by atoms with E-state index < -0.39 is 74.9 Å². The Morgan fingerprint density at radius 1 is 0.373 bits per heavy atom. The number of carbonyl (C=O) groups is 5. The molecule has 0 atom stereocenters. The Kier molecular flexibility index (Phi) is 36.6. The monoisotopic (exact) mass is 983 g/mol. The lowest BCUT2D eigenvalue weighted by Crippen LogP contribution is -2.49. The molecule has 0 saturated heterocycles. The van der Waals surface area contributed by atoms with E-state index in [1.165, 1.54) is 94.8 Å². The van der Waals surface area contributed by atoms with Crippen LogP contribution >= 0.6 is 0 Å². The molecule has 0 rings (SSSR count). The van der Waals surface area contributed by atoms with Crippen molar-refractivity contribution in [3.05, 3.63) is 0 Å². The average Bonchev–Trinajstić information content (AvgIpc) is 3.26. The number of alkyl halides is 9. The third-order valence-electron chi connectivity index (χ3n) is 11.5. The van der Waals surface area contributed by atoms with Crippen LogP contribution in [0.3, 0.4) is 0 Å². The average molecular weight is 983 g/mol. The molecule has 67 heavy (non-hydrogen) atoms. The lowest BCUT2D eigenvalue weighted by Gasteiger charge is -2.27. The summed E-state index contributed by atoms with van der Waals surface area (Å²) in [6, 6.07) is 0. The number of nitrogens with one attached hydrogen (secondary N) is 3. The van der Waals surface area contributed by atoms with Gasteiger partial charge in [0.15, 0.2) is 0 Å². The first kappa shape index (κ1) is 63.7. The molecule has 3 N–H and O–H groups in total. The largest absolute Gasteiger partial charge is 0.471 e. The van der Waals surface area contributed by atoms with E-state index in [0.29, 0.717) is 13.1 Å². The first-order valence-corrected chi connectivity index (χ1v) is 25.1. The van der Waals surface area contributed by atoms with E-state index in [0.717, 1.165) is 64.2 Å². The van der Waals surface area contributed by atoms with E-state index in [-0.39, 0.29) is 49.7 Å². The summed E-state index contributed by atoms with van der Waals surface area (Å²) in [5, 5.41) is 5.70. The third kappa shape index (κ3) is 36.4. The molecule has 394 valence electrons. The molecule has 20 heteroatoms. The molecule has 5 amide bonds. The zero-order chi connectivity index (χ0) is 50.4. The van der Waals surface area contributed by atoms with Crippen molar-refractivity contribution in [2.75, 3.05) is 65.4 Å². The molecule has 0 heterocycles. The van der Waals surface area contributed by atoms with Crippen LogP contribution < -0.4 is 16.0 Å². The highest BCUT2D eigenvalue weighted by Crippen LogP contribution is 2.20. The fourth-order valence-electron chi connectivity index (χ4n) is 7.63. The maximum atomic E-state index is 13.6. The van der Waals surface area contributed by atoms with Gasteiger partial charge in [0.05, 0.1) is 13.1 Å². The molecular weight excluding hydrogens is 900 g/mol. The molecule has 0 bridgehead atoms. The molecule has 0 aromatic heterocycles. The smallest absolute Gasteiger partial charge is 0.348 e. The van der Waals surface area contributed by atoms with Crippen molar-refractivity contribution in [3.63, 3.8) is 0 Å². The van der Waals surface area contributed by atoms with Crippen LogP contribution in [0, 0.1) is 0 Å². The van der Waals surface area contributed by atoms with Gasteiger partial charge in [-0.3, -0.25) is 24.0 Å². The minimum Gasteiger partial charge on any atom is -0.348 e. The lowest BCUT2D eigenvalue weighted by molar-refractivity contribution is -0.186. The van der Waals surface area contributed by atoms with Crippen LogP contribution in [0.25, 0.3) is 0 Å². The number of carbonyl (C=O) groups excluding carboxylic acids is 5. The molecule has 0 spiro atoms. The van der Waals surface area contributed by atoms with Gasteiger partial charge in [-0.05, 0) is 51.7 Å². The second kappa shape index (κ2) is 38.5. The summed E-state index contributed by atoms with van der Waals surface area (Å²) in [5.41, 5.74) is 0. The summed E-state index contributed by atoms with van der Waals surface area (Å²) in [4.78, 5) is 64.5. The zero-order valence-corrected chi connectivity index (χ0v) is 40.4. The van der Waals surface area contributed by atoms with Crippen LogP contribution in [0.5, 0.6) is 0 Å². The van der Waals surface area contributed by atoms with Gasteiger partial charge in [0, 0.05) is 32.7 Å². The van der Waals surface area contributed by atoms with Crippen molar-refractivity contribution in [3.8, 4) is 0 Å². The Balaban J connectivity index is 5.36. The van der Waals surface area contributed by atoms with Gasteiger partial charge in [0.25, 0.3) is 0 Å². The summed E-state index contributed by atoms with van der Waals surface area (Å²) in [5.74, 6) is -8.09. The summed E-state index contributed by atoms with van der Waals surface area (Å²) < 4.78 is 116. The Morgan fingerprint density at radius 2 is 0.701 bits per heavy atom. The molecule has 0 aliphatic heterocycles. The van der Waals surface area contributed by atoms with E-state index in [4.69, 9.17) is 0 Å². The fraction of sp³-hybridized carbons (Fsp3) is 0.894. The number of unbranched alkanes of at least 4 members (excludes halogenated alkanes) is 22. The van der Waals surface area contributed by atoms with Crippen molar-refractivity contribution in [1.29, 1.82) is 0 Å². The molecule has 0 aliphatic rings. The van der Waals surface area contributed by atoms with Crippen LogP contribution in [0.15, 0.2) is 0 Å². The molecule has 0 aromatic rings. The maximum absolute atomic E-state index is 13.6. The van der Waals surface area contributed by atoms with Crippen molar-refractivity contribution >= 4 is 29.5 Å². The first-order chi connectivity index (χ1) is 31.7. The van der Waals surface area contributed by atoms with Gasteiger partial charge < -0.3 is 30.7 Å². The zero-order valence-electron chi connectivity index (χ0n) is 40.4. The molecular formula is C47H83F9N6O5. The van der Waals surface area contributed by atoms with Crippen molar-refractivity contribution in [2.45, 2.75) is 206 Å².